The molecule has 1 aliphatic carbocycles. The smallest absolute Gasteiger partial charge is 0.228 e. The molecule has 0 unspecified atom stereocenters. The molecule has 1 aliphatic rings. The first-order valence-electron chi connectivity index (χ1n) is 7.79. The number of amides is 1. The van der Waals surface area contributed by atoms with Crippen LogP contribution in [-0.4, -0.2) is 12.2 Å². The average Bonchev–Trinajstić information content (AvgIpc) is 2.55. The third-order valence-electron chi connectivity index (χ3n) is 4.13. The minimum atomic E-state index is 0.0500. The van der Waals surface area contributed by atoms with E-state index in [1.54, 1.807) is 11.8 Å². The molecule has 0 saturated heterocycles. The Bertz CT molecular complexity index is 681. The van der Waals surface area contributed by atoms with Crippen LogP contribution in [0.25, 0.3) is 0 Å². The zero-order valence-corrected chi connectivity index (χ0v) is 13.7. The summed E-state index contributed by atoms with van der Waals surface area (Å²) in [7, 11) is 0. The molecule has 3 heteroatoms. The maximum Gasteiger partial charge on any atom is 0.228 e. The second-order valence-corrected chi connectivity index (χ2v) is 6.65. The van der Waals surface area contributed by atoms with Crippen LogP contribution < -0.4 is 5.32 Å². The highest BCUT2D eigenvalue weighted by Crippen LogP contribution is 2.23. The molecular weight excluding hydrogens is 290 g/mol. The number of benzene rings is 2. The molecule has 0 spiro atoms. The lowest BCUT2D eigenvalue weighted by atomic mass is 9.90. The largest absolute Gasteiger partial charge is 0.326 e. The van der Waals surface area contributed by atoms with Gasteiger partial charge in [0.05, 0.1) is 6.42 Å². The summed E-state index contributed by atoms with van der Waals surface area (Å²) < 4.78 is 0. The summed E-state index contributed by atoms with van der Waals surface area (Å²) in [4.78, 5) is 13.4. The summed E-state index contributed by atoms with van der Waals surface area (Å²) in [5.41, 5.74) is 4.87. The topological polar surface area (TPSA) is 29.1 Å². The Kier molecular flexibility index (Phi) is 4.84. The van der Waals surface area contributed by atoms with Crippen molar-refractivity contribution in [1.29, 1.82) is 0 Å². The monoisotopic (exact) mass is 311 g/mol. The van der Waals surface area contributed by atoms with Crippen molar-refractivity contribution in [3.8, 4) is 0 Å². The van der Waals surface area contributed by atoms with E-state index >= 15 is 0 Å². The third-order valence-corrected chi connectivity index (χ3v) is 4.86. The molecule has 0 aromatic heterocycles. The van der Waals surface area contributed by atoms with Gasteiger partial charge < -0.3 is 5.32 Å². The van der Waals surface area contributed by atoms with E-state index in [-0.39, 0.29) is 5.91 Å². The van der Waals surface area contributed by atoms with Gasteiger partial charge in [0.1, 0.15) is 0 Å². The maximum atomic E-state index is 12.2. The van der Waals surface area contributed by atoms with Crippen LogP contribution in [0.5, 0.6) is 0 Å². The molecular formula is C19H21NOS. The molecule has 1 amide bonds. The van der Waals surface area contributed by atoms with E-state index in [4.69, 9.17) is 0 Å². The predicted molar refractivity (Wildman–Crippen MR) is 93.6 cm³/mol. The molecule has 0 atom stereocenters. The Balaban J connectivity index is 1.66. The zero-order valence-electron chi connectivity index (χ0n) is 12.9. The number of hydrogen-bond acceptors (Lipinski definition) is 2. The molecule has 0 heterocycles. The number of carbonyl (C=O) groups is 1. The van der Waals surface area contributed by atoms with E-state index in [0.717, 1.165) is 22.6 Å². The fourth-order valence-corrected chi connectivity index (χ4v) is 3.45. The Morgan fingerprint density at radius 3 is 2.73 bits per heavy atom. The van der Waals surface area contributed by atoms with E-state index in [0.29, 0.717) is 6.42 Å². The molecule has 22 heavy (non-hydrogen) atoms. The number of thioether (sulfide) groups is 1. The molecule has 0 aliphatic heterocycles. The Labute approximate surface area is 136 Å². The minimum absolute atomic E-state index is 0.0500. The van der Waals surface area contributed by atoms with E-state index in [1.807, 2.05) is 30.5 Å². The molecule has 3 rings (SSSR count). The average molecular weight is 311 g/mol. The highest BCUT2D eigenvalue weighted by Gasteiger charge is 2.11. The molecule has 2 aromatic carbocycles. The second kappa shape index (κ2) is 7.01. The molecule has 1 N–H and O–H groups in total. The van der Waals surface area contributed by atoms with Crippen molar-refractivity contribution < 1.29 is 4.79 Å². The van der Waals surface area contributed by atoms with Crippen molar-refractivity contribution in [3.63, 3.8) is 0 Å². The summed E-state index contributed by atoms with van der Waals surface area (Å²) in [6, 6.07) is 14.5. The molecule has 0 radical (unpaired) electrons. The predicted octanol–water partition coefficient (Wildman–Crippen LogP) is 4.47. The van der Waals surface area contributed by atoms with Crippen molar-refractivity contribution in [2.75, 3.05) is 11.6 Å². The van der Waals surface area contributed by atoms with Crippen molar-refractivity contribution >= 4 is 23.4 Å². The molecule has 0 bridgehead atoms. The number of rotatable bonds is 4. The third kappa shape index (κ3) is 3.72. The SMILES string of the molecule is CSc1cccc(NC(=O)Cc2ccc3c(c2)CCCC3)c1. The lowest BCUT2D eigenvalue weighted by molar-refractivity contribution is -0.115. The van der Waals surface area contributed by atoms with Gasteiger partial charge >= 0.3 is 0 Å². The highest BCUT2D eigenvalue weighted by molar-refractivity contribution is 7.98. The maximum absolute atomic E-state index is 12.2. The zero-order chi connectivity index (χ0) is 15.4. The van der Waals surface area contributed by atoms with Gasteiger partial charge in [0.2, 0.25) is 5.91 Å². The van der Waals surface area contributed by atoms with Crippen molar-refractivity contribution in [3.05, 3.63) is 59.2 Å². The van der Waals surface area contributed by atoms with Gasteiger partial charge in [-0.05, 0) is 66.8 Å². The Hall–Kier alpha value is -1.74. The van der Waals surface area contributed by atoms with Crippen LogP contribution in [0, 0.1) is 0 Å². The van der Waals surface area contributed by atoms with Gasteiger partial charge in [-0.15, -0.1) is 11.8 Å². The van der Waals surface area contributed by atoms with Crippen LogP contribution in [0.3, 0.4) is 0 Å². The molecule has 0 saturated carbocycles. The summed E-state index contributed by atoms with van der Waals surface area (Å²) in [5.74, 6) is 0.0500. The first-order chi connectivity index (χ1) is 10.7. The molecule has 0 fully saturated rings. The summed E-state index contributed by atoms with van der Waals surface area (Å²) in [6.07, 6.45) is 7.37. The van der Waals surface area contributed by atoms with Crippen LogP contribution >= 0.6 is 11.8 Å². The molecule has 114 valence electrons. The van der Waals surface area contributed by atoms with Gasteiger partial charge in [0, 0.05) is 10.6 Å². The summed E-state index contributed by atoms with van der Waals surface area (Å²) in [6.45, 7) is 0. The molecule has 2 nitrogen and oxygen atoms in total. The van der Waals surface area contributed by atoms with Gasteiger partial charge in [-0.25, -0.2) is 0 Å². The van der Waals surface area contributed by atoms with Crippen LogP contribution in [0.4, 0.5) is 5.69 Å². The van der Waals surface area contributed by atoms with Gasteiger partial charge in [-0.1, -0.05) is 24.3 Å². The van der Waals surface area contributed by atoms with Crippen molar-refractivity contribution in [2.45, 2.75) is 37.0 Å². The van der Waals surface area contributed by atoms with Crippen molar-refractivity contribution in [2.24, 2.45) is 0 Å². The standard InChI is InChI=1S/C19H21NOS/c1-22-18-8-4-7-17(13-18)20-19(21)12-14-9-10-15-5-2-3-6-16(15)11-14/h4,7-11,13H,2-3,5-6,12H2,1H3,(H,20,21). The molecule has 2 aromatic rings. The summed E-state index contributed by atoms with van der Waals surface area (Å²) in [5, 5.41) is 2.99. The van der Waals surface area contributed by atoms with Crippen LogP contribution in [0.1, 0.15) is 29.5 Å². The Morgan fingerprint density at radius 2 is 1.91 bits per heavy atom. The first kappa shape index (κ1) is 15.2. The number of anilines is 1. The quantitative estimate of drug-likeness (QED) is 0.844. The van der Waals surface area contributed by atoms with Gasteiger partial charge in [-0.3, -0.25) is 4.79 Å². The number of nitrogens with one attached hydrogen (secondary N) is 1. The summed E-state index contributed by atoms with van der Waals surface area (Å²) >= 11 is 1.68. The van der Waals surface area contributed by atoms with E-state index in [1.165, 1.54) is 30.4 Å². The number of aryl methyl sites for hydroxylation is 2. The van der Waals surface area contributed by atoms with Gasteiger partial charge in [0.15, 0.2) is 0 Å². The fourth-order valence-electron chi connectivity index (χ4n) is 2.99. The van der Waals surface area contributed by atoms with Crippen molar-refractivity contribution in [1.82, 2.24) is 0 Å². The number of hydrogen-bond donors (Lipinski definition) is 1. The number of carbonyl (C=O) groups excluding carboxylic acids is 1. The van der Waals surface area contributed by atoms with E-state index in [9.17, 15) is 4.79 Å². The van der Waals surface area contributed by atoms with Gasteiger partial charge in [-0.2, -0.15) is 0 Å². The van der Waals surface area contributed by atoms with E-state index < -0.39 is 0 Å². The normalized spacial score (nSPS) is 13.5. The Morgan fingerprint density at radius 1 is 1.09 bits per heavy atom. The first-order valence-corrected chi connectivity index (χ1v) is 9.01. The lowest BCUT2D eigenvalue weighted by Gasteiger charge is -2.16. The fraction of sp³-hybridized carbons (Fsp3) is 0.316. The van der Waals surface area contributed by atoms with Gasteiger partial charge in [0.25, 0.3) is 0 Å². The van der Waals surface area contributed by atoms with Crippen LogP contribution in [0.15, 0.2) is 47.4 Å². The number of fused-ring (bicyclic) bond motifs is 1. The van der Waals surface area contributed by atoms with Crippen LogP contribution in [-0.2, 0) is 24.1 Å². The minimum Gasteiger partial charge on any atom is -0.326 e. The van der Waals surface area contributed by atoms with Crippen LogP contribution in [0.2, 0.25) is 0 Å². The highest BCUT2D eigenvalue weighted by atomic mass is 32.2. The second-order valence-electron chi connectivity index (χ2n) is 5.77. The van der Waals surface area contributed by atoms with E-state index in [2.05, 4.69) is 23.5 Å². The lowest BCUT2D eigenvalue weighted by Crippen LogP contribution is -2.15.